The average Bonchev–Trinajstić information content (AvgIpc) is 2.50. The van der Waals surface area contributed by atoms with Crippen molar-refractivity contribution < 1.29 is 67.3 Å². The Morgan fingerprint density at radius 1 is 0.893 bits per heavy atom. The maximum Gasteiger partial charge on any atom is 0.428 e. The molecule has 0 amide bonds. The van der Waals surface area contributed by atoms with Gasteiger partial charge in [-0.2, -0.15) is 48.3 Å². The van der Waals surface area contributed by atoms with Crippen LogP contribution in [0.5, 0.6) is 0 Å². The number of esters is 1. The lowest BCUT2D eigenvalue weighted by atomic mass is 9.87. The third-order valence-corrected chi connectivity index (χ3v) is 3.36. The quantitative estimate of drug-likeness (QED) is 0.257. The number of carbonyl (C=O) groups excluding carboxylic acids is 1. The molecule has 0 saturated carbocycles. The average molecular weight is 444 g/mol. The SMILES string of the molecule is CCC(O)OC(=O)C=CC(F)(F)C(F)(F)C(F)(F)C(F)(F)C(C)(F)C(F)(F)F. The Hall–Kier alpha value is -1.67. The normalized spacial score (nSPS) is 18.1. The van der Waals surface area contributed by atoms with E-state index in [0.717, 1.165) is 0 Å². The number of rotatable bonds is 8. The topological polar surface area (TPSA) is 46.5 Å². The number of halogens is 12. The Kier molecular flexibility index (Phi) is 7.17. The van der Waals surface area contributed by atoms with E-state index in [9.17, 15) is 57.5 Å². The van der Waals surface area contributed by atoms with Gasteiger partial charge in [-0.05, 0) is 13.0 Å². The van der Waals surface area contributed by atoms with E-state index in [4.69, 9.17) is 5.11 Å². The van der Waals surface area contributed by atoms with Gasteiger partial charge in [0.15, 0.2) is 0 Å². The van der Waals surface area contributed by atoms with Gasteiger partial charge >= 0.3 is 35.8 Å². The zero-order valence-corrected chi connectivity index (χ0v) is 13.7. The second-order valence-corrected chi connectivity index (χ2v) is 5.48. The van der Waals surface area contributed by atoms with Gasteiger partial charge < -0.3 is 9.84 Å². The third-order valence-electron chi connectivity index (χ3n) is 3.36. The van der Waals surface area contributed by atoms with Gasteiger partial charge in [0.1, 0.15) is 0 Å². The van der Waals surface area contributed by atoms with Gasteiger partial charge in [0, 0.05) is 12.5 Å². The number of hydrogen-bond donors (Lipinski definition) is 1. The van der Waals surface area contributed by atoms with E-state index in [2.05, 4.69) is 4.74 Å². The van der Waals surface area contributed by atoms with Crippen LogP contribution >= 0.6 is 0 Å². The van der Waals surface area contributed by atoms with E-state index in [1.807, 2.05) is 0 Å². The molecule has 166 valence electrons. The van der Waals surface area contributed by atoms with Crippen molar-refractivity contribution in [3.63, 3.8) is 0 Å². The number of aliphatic hydroxyl groups excluding tert-OH is 1. The maximum absolute atomic E-state index is 13.4. The molecule has 3 nitrogen and oxygen atoms in total. The Morgan fingerprint density at radius 3 is 1.68 bits per heavy atom. The first-order valence-corrected chi connectivity index (χ1v) is 6.95. The largest absolute Gasteiger partial charge is 0.433 e. The second kappa shape index (κ2) is 7.63. The molecule has 28 heavy (non-hydrogen) atoms. The number of carbonyl (C=O) groups is 1. The van der Waals surface area contributed by atoms with Crippen molar-refractivity contribution in [3.8, 4) is 0 Å². The lowest BCUT2D eigenvalue weighted by Gasteiger charge is -2.41. The first-order chi connectivity index (χ1) is 12.1. The molecule has 0 fully saturated rings. The van der Waals surface area contributed by atoms with Crippen molar-refractivity contribution in [3.05, 3.63) is 12.2 Å². The number of alkyl halides is 12. The predicted molar refractivity (Wildman–Crippen MR) is 66.9 cm³/mol. The fourth-order valence-electron chi connectivity index (χ4n) is 1.41. The van der Waals surface area contributed by atoms with Crippen LogP contribution in [0.4, 0.5) is 52.7 Å². The molecule has 2 unspecified atom stereocenters. The standard InChI is InChI=1S/C13H12F12O3/c1-3-6(26)28-7(27)4-5-9(15,16)11(19,20)12(21,22)10(17,18)8(2,14)13(23,24)25/h4-6,26H,3H2,1-2H3. The first-order valence-electron chi connectivity index (χ1n) is 6.95. The monoisotopic (exact) mass is 444 g/mol. The summed E-state index contributed by atoms with van der Waals surface area (Å²) >= 11 is 0. The van der Waals surface area contributed by atoms with Crippen LogP contribution in [-0.4, -0.2) is 52.9 Å². The van der Waals surface area contributed by atoms with Crippen LogP contribution in [-0.2, 0) is 9.53 Å². The minimum absolute atomic E-state index is 0.317. The van der Waals surface area contributed by atoms with Crippen LogP contribution < -0.4 is 0 Å². The molecule has 0 saturated heterocycles. The molecule has 0 aromatic rings. The summed E-state index contributed by atoms with van der Waals surface area (Å²) in [6, 6.07) is 0. The van der Waals surface area contributed by atoms with Crippen molar-refractivity contribution in [2.45, 2.75) is 62.1 Å². The molecule has 0 rings (SSSR count). The molecule has 0 aromatic heterocycles. The van der Waals surface area contributed by atoms with E-state index >= 15 is 0 Å². The van der Waals surface area contributed by atoms with Crippen molar-refractivity contribution in [2.24, 2.45) is 0 Å². The van der Waals surface area contributed by atoms with Crippen LogP contribution in [0.1, 0.15) is 20.3 Å². The Labute approximate surface area is 148 Å². The van der Waals surface area contributed by atoms with E-state index in [-0.39, 0.29) is 6.42 Å². The summed E-state index contributed by atoms with van der Waals surface area (Å²) in [5.74, 6) is -30.6. The molecule has 0 aliphatic carbocycles. The summed E-state index contributed by atoms with van der Waals surface area (Å²) in [5.41, 5.74) is -6.32. The Bertz CT molecular complexity index is 594. The molecule has 1 N–H and O–H groups in total. The first kappa shape index (κ1) is 26.3. The highest BCUT2D eigenvalue weighted by Gasteiger charge is 2.87. The summed E-state index contributed by atoms with van der Waals surface area (Å²) in [6.45, 7) is -0.0316. The van der Waals surface area contributed by atoms with E-state index in [1.54, 1.807) is 0 Å². The molecule has 0 aliphatic heterocycles. The summed E-state index contributed by atoms with van der Waals surface area (Å²) < 4.78 is 161. The highest BCUT2D eigenvalue weighted by molar-refractivity contribution is 5.82. The molecule has 2 atom stereocenters. The fourth-order valence-corrected chi connectivity index (χ4v) is 1.41. The molecule has 15 heteroatoms. The number of allylic oxidation sites excluding steroid dienone is 1. The third kappa shape index (κ3) is 4.33. The van der Waals surface area contributed by atoms with Gasteiger partial charge in [-0.3, -0.25) is 0 Å². The van der Waals surface area contributed by atoms with Gasteiger partial charge in [0.25, 0.3) is 5.67 Å². The molecule has 0 heterocycles. The summed E-state index contributed by atoms with van der Waals surface area (Å²) in [5, 5.41) is 8.84. The minimum atomic E-state index is -7.57. The molecule has 0 radical (unpaired) electrons. The van der Waals surface area contributed by atoms with Crippen molar-refractivity contribution in [1.82, 2.24) is 0 Å². The van der Waals surface area contributed by atoms with Gasteiger partial charge in [-0.15, -0.1) is 0 Å². The maximum atomic E-state index is 13.4. The van der Waals surface area contributed by atoms with Crippen molar-refractivity contribution in [2.75, 3.05) is 0 Å². The van der Waals surface area contributed by atoms with Crippen molar-refractivity contribution >= 4 is 5.97 Å². The lowest BCUT2D eigenvalue weighted by molar-refractivity contribution is -0.406. The summed E-state index contributed by atoms with van der Waals surface area (Å²) in [7, 11) is 0. The number of aliphatic hydroxyl groups is 1. The smallest absolute Gasteiger partial charge is 0.428 e. The van der Waals surface area contributed by atoms with E-state index < -0.39 is 66.9 Å². The predicted octanol–water partition coefficient (Wildman–Crippen LogP) is 4.65. The van der Waals surface area contributed by atoms with Gasteiger partial charge in [0.05, 0.1) is 0 Å². The Balaban J connectivity index is 6.02. The van der Waals surface area contributed by atoms with Crippen molar-refractivity contribution in [1.29, 1.82) is 0 Å². The van der Waals surface area contributed by atoms with Crippen LogP contribution in [0.2, 0.25) is 0 Å². The Morgan fingerprint density at radius 2 is 1.32 bits per heavy atom. The molecular weight excluding hydrogens is 432 g/mol. The van der Waals surface area contributed by atoms with Crippen LogP contribution in [0.3, 0.4) is 0 Å². The molecule has 0 aliphatic rings. The minimum Gasteiger partial charge on any atom is -0.433 e. The van der Waals surface area contributed by atoms with Gasteiger partial charge in [-0.1, -0.05) is 6.92 Å². The number of ether oxygens (including phenoxy) is 1. The molecule has 0 aromatic carbocycles. The summed E-state index contributed by atoms with van der Waals surface area (Å²) in [4.78, 5) is 10.9. The van der Waals surface area contributed by atoms with E-state index in [1.165, 1.54) is 6.92 Å². The molecular formula is C13H12F12O3. The zero-order chi connectivity index (χ0) is 23.0. The van der Waals surface area contributed by atoms with Gasteiger partial charge in [0.2, 0.25) is 6.29 Å². The molecule has 0 spiro atoms. The van der Waals surface area contributed by atoms with Gasteiger partial charge in [-0.25, -0.2) is 9.18 Å². The van der Waals surface area contributed by atoms with Crippen LogP contribution in [0, 0.1) is 0 Å². The molecule has 0 bridgehead atoms. The van der Waals surface area contributed by atoms with Crippen LogP contribution in [0.15, 0.2) is 12.2 Å². The highest BCUT2D eigenvalue weighted by atomic mass is 19.4. The second-order valence-electron chi connectivity index (χ2n) is 5.48. The van der Waals surface area contributed by atoms with Crippen LogP contribution in [0.25, 0.3) is 0 Å². The lowest BCUT2D eigenvalue weighted by Crippen LogP contribution is -2.70. The fraction of sp³-hybridized carbons (Fsp3) is 0.769. The van der Waals surface area contributed by atoms with E-state index in [0.29, 0.717) is 0 Å². The summed E-state index contributed by atoms with van der Waals surface area (Å²) in [6.07, 6.45) is -11.1. The highest BCUT2D eigenvalue weighted by Crippen LogP contribution is 2.59. The number of hydrogen-bond acceptors (Lipinski definition) is 3. The zero-order valence-electron chi connectivity index (χ0n) is 13.7.